The minimum atomic E-state index is -1.14. The second kappa shape index (κ2) is 12.5. The predicted octanol–water partition coefficient (Wildman–Crippen LogP) is 1.91. The number of unbranched alkanes of at least 4 members (excludes halogenated alkanes) is 2. The number of ether oxygens (including phenoxy) is 1. The number of nitrogens with zero attached hydrogens (tertiary/aromatic N) is 2. The molecule has 0 amide bonds. The second-order valence-corrected chi connectivity index (χ2v) is 2.89. The van der Waals surface area contributed by atoms with Gasteiger partial charge >= 0.3 is 11.9 Å². The number of carbonyl (C=O) groups is 2. The molecule has 0 aliphatic heterocycles. The zero-order valence-corrected chi connectivity index (χ0v) is 10.0. The van der Waals surface area contributed by atoms with E-state index in [0.717, 1.165) is 18.9 Å². The molecule has 0 saturated carbocycles. The van der Waals surface area contributed by atoms with E-state index in [0.29, 0.717) is 6.42 Å². The van der Waals surface area contributed by atoms with Crippen LogP contribution in [0.15, 0.2) is 24.3 Å². The highest BCUT2D eigenvalue weighted by Gasteiger charge is 2.03. The first-order valence-corrected chi connectivity index (χ1v) is 5.09. The first kappa shape index (κ1) is 17.8. The Bertz CT molecular complexity index is 399. The van der Waals surface area contributed by atoms with Gasteiger partial charge in [0.2, 0.25) is 0 Å². The summed E-state index contributed by atoms with van der Waals surface area (Å²) in [5.74, 6) is -1.86. The Kier molecular flexibility index (Phi) is 12.3. The molecule has 0 aliphatic rings. The topological polar surface area (TPSA) is 111 Å². The molecule has 96 valence electrons. The predicted molar refractivity (Wildman–Crippen MR) is 62.8 cm³/mol. The summed E-state index contributed by atoms with van der Waals surface area (Å²) >= 11 is 0. The van der Waals surface area contributed by atoms with Gasteiger partial charge in [-0.25, -0.2) is 9.59 Å². The van der Waals surface area contributed by atoms with Gasteiger partial charge in [-0.05, 0) is 6.42 Å². The molecule has 0 aliphatic carbocycles. The van der Waals surface area contributed by atoms with Crippen LogP contribution < -0.4 is 0 Å². The first-order valence-electron chi connectivity index (χ1n) is 5.09. The number of hydrogen-bond donors (Lipinski definition) is 1. The number of allylic oxidation sites excluding steroid dienone is 1. The molecule has 0 aromatic carbocycles. The van der Waals surface area contributed by atoms with Crippen molar-refractivity contribution in [3.05, 3.63) is 24.3 Å². The van der Waals surface area contributed by atoms with E-state index in [1.807, 2.05) is 6.92 Å². The molecular weight excluding hydrogens is 236 g/mol. The van der Waals surface area contributed by atoms with Gasteiger partial charge in [-0.1, -0.05) is 32.4 Å². The average Bonchev–Trinajstić information content (AvgIpc) is 2.35. The Morgan fingerprint density at radius 1 is 1.44 bits per heavy atom. The zero-order chi connectivity index (χ0) is 14.4. The van der Waals surface area contributed by atoms with Gasteiger partial charge in [-0.2, -0.15) is 5.26 Å². The number of carboxylic acids is 1. The summed E-state index contributed by atoms with van der Waals surface area (Å²) in [5.41, 5.74) is -0.154. The summed E-state index contributed by atoms with van der Waals surface area (Å²) in [7, 11) is 0. The van der Waals surface area contributed by atoms with Crippen LogP contribution in [0.5, 0.6) is 0 Å². The van der Waals surface area contributed by atoms with Crippen LogP contribution in [0.3, 0.4) is 0 Å². The van der Waals surface area contributed by atoms with Crippen molar-refractivity contribution in [1.82, 2.24) is 0 Å². The van der Waals surface area contributed by atoms with Gasteiger partial charge in [0.25, 0.3) is 6.26 Å². The van der Waals surface area contributed by atoms with Gasteiger partial charge < -0.3 is 9.84 Å². The van der Waals surface area contributed by atoms with Crippen LogP contribution in [0.1, 0.15) is 26.2 Å². The lowest BCUT2D eigenvalue weighted by Gasteiger charge is -1.89. The molecule has 0 saturated heterocycles. The molecule has 6 nitrogen and oxygen atoms in total. The van der Waals surface area contributed by atoms with Crippen LogP contribution in [-0.2, 0) is 14.3 Å². The Morgan fingerprint density at radius 2 is 2.06 bits per heavy atom. The van der Waals surface area contributed by atoms with E-state index in [1.165, 1.54) is 12.3 Å². The van der Waals surface area contributed by atoms with Gasteiger partial charge in [-0.3, -0.25) is 0 Å². The van der Waals surface area contributed by atoms with Gasteiger partial charge in [0.15, 0.2) is 0 Å². The van der Waals surface area contributed by atoms with Gasteiger partial charge in [0.05, 0.1) is 0 Å². The lowest BCUT2D eigenvalue weighted by molar-refractivity contribution is -0.132. The van der Waals surface area contributed by atoms with Crippen LogP contribution in [0.4, 0.5) is 0 Å². The molecule has 6 heteroatoms. The van der Waals surface area contributed by atoms with Crippen LogP contribution in [0, 0.1) is 22.8 Å². The molecule has 0 radical (unpaired) electrons. The summed E-state index contributed by atoms with van der Waals surface area (Å²) in [6.07, 6.45) is 6.19. The zero-order valence-electron chi connectivity index (χ0n) is 10.0. The highest BCUT2D eigenvalue weighted by Crippen LogP contribution is 2.00. The van der Waals surface area contributed by atoms with E-state index in [2.05, 4.69) is 11.3 Å². The van der Waals surface area contributed by atoms with Crippen LogP contribution >= 0.6 is 0 Å². The lowest BCUT2D eigenvalue weighted by Crippen LogP contribution is -1.97. The van der Waals surface area contributed by atoms with Crippen molar-refractivity contribution < 1.29 is 19.4 Å². The van der Waals surface area contributed by atoms with Crippen LogP contribution in [0.25, 0.3) is 0 Å². The molecular formula is C12H14N2O4. The number of carbonyl (C=O) groups excluding carboxylic acids is 1. The first-order chi connectivity index (χ1) is 8.53. The van der Waals surface area contributed by atoms with Crippen LogP contribution in [-0.4, -0.2) is 17.0 Å². The van der Waals surface area contributed by atoms with Crippen LogP contribution in [0.2, 0.25) is 0 Å². The number of aliphatic carboxylic acids is 1. The van der Waals surface area contributed by atoms with Gasteiger partial charge in [0.1, 0.15) is 11.6 Å². The fourth-order valence-electron chi connectivity index (χ4n) is 0.718. The molecule has 0 unspecified atom stereocenters. The highest BCUT2D eigenvalue weighted by molar-refractivity contribution is 5.90. The number of nitriles is 2. The maximum absolute atomic E-state index is 10.2. The standard InChI is InChI=1S/C8H11NO2.C4H3NO2/c1-2-3-4-5-7(6-9)8(10)11;1-2-4(6)7-3-5/h5H,2-4H2,1H3,(H,10,11);2H,1H2. The average molecular weight is 250 g/mol. The van der Waals surface area contributed by atoms with E-state index in [4.69, 9.17) is 15.6 Å². The molecule has 0 fully saturated rings. The molecule has 0 rings (SSSR count). The lowest BCUT2D eigenvalue weighted by atomic mass is 10.2. The minimum Gasteiger partial charge on any atom is -0.477 e. The maximum Gasteiger partial charge on any atom is 0.346 e. The SMILES string of the molecule is C=CC(=O)OC#N.CCCCC=C(C#N)C(=O)O. The number of esters is 1. The van der Waals surface area contributed by atoms with Crippen molar-refractivity contribution in [2.24, 2.45) is 0 Å². The Labute approximate surface area is 105 Å². The number of carboxylic acid groups (broad SMARTS) is 1. The van der Waals surface area contributed by atoms with Crippen molar-refractivity contribution in [3.63, 3.8) is 0 Å². The van der Waals surface area contributed by atoms with E-state index in [9.17, 15) is 9.59 Å². The van der Waals surface area contributed by atoms with Crippen molar-refractivity contribution in [2.45, 2.75) is 26.2 Å². The van der Waals surface area contributed by atoms with Gasteiger partial charge in [0, 0.05) is 6.08 Å². The molecule has 18 heavy (non-hydrogen) atoms. The quantitative estimate of drug-likeness (QED) is 0.262. The van der Waals surface area contributed by atoms with E-state index < -0.39 is 11.9 Å². The number of hydrogen-bond acceptors (Lipinski definition) is 5. The Morgan fingerprint density at radius 3 is 2.33 bits per heavy atom. The molecule has 0 spiro atoms. The van der Waals surface area contributed by atoms with Crippen molar-refractivity contribution in [2.75, 3.05) is 0 Å². The third-order valence-corrected chi connectivity index (χ3v) is 1.57. The van der Waals surface area contributed by atoms with Gasteiger partial charge in [-0.15, -0.1) is 5.26 Å². The third kappa shape index (κ3) is 11.5. The Balaban J connectivity index is 0. The Hall–Kier alpha value is -2.60. The number of rotatable bonds is 5. The van der Waals surface area contributed by atoms with Crippen molar-refractivity contribution in [1.29, 1.82) is 10.5 Å². The second-order valence-electron chi connectivity index (χ2n) is 2.89. The third-order valence-electron chi connectivity index (χ3n) is 1.57. The van der Waals surface area contributed by atoms with E-state index >= 15 is 0 Å². The van der Waals surface area contributed by atoms with Crippen molar-refractivity contribution in [3.8, 4) is 12.3 Å². The fourth-order valence-corrected chi connectivity index (χ4v) is 0.718. The van der Waals surface area contributed by atoms with E-state index in [1.54, 1.807) is 6.07 Å². The maximum atomic E-state index is 10.2. The highest BCUT2D eigenvalue weighted by atomic mass is 16.5. The fraction of sp³-hybridized carbons (Fsp3) is 0.333. The summed E-state index contributed by atoms with van der Waals surface area (Å²) in [4.78, 5) is 20.1. The summed E-state index contributed by atoms with van der Waals surface area (Å²) < 4.78 is 3.74. The molecule has 0 atom stereocenters. The smallest absolute Gasteiger partial charge is 0.346 e. The minimum absolute atomic E-state index is 0.154. The summed E-state index contributed by atoms with van der Waals surface area (Å²) in [6.45, 7) is 5.07. The largest absolute Gasteiger partial charge is 0.477 e. The molecule has 0 aromatic rings. The molecule has 0 aromatic heterocycles. The molecule has 1 N–H and O–H groups in total. The molecule has 0 heterocycles. The normalized spacial score (nSPS) is 8.94. The molecule has 0 bridgehead atoms. The van der Waals surface area contributed by atoms with Crippen molar-refractivity contribution >= 4 is 11.9 Å². The summed E-state index contributed by atoms with van der Waals surface area (Å²) in [5, 5.41) is 24.3. The monoisotopic (exact) mass is 250 g/mol. The summed E-state index contributed by atoms with van der Waals surface area (Å²) in [6, 6.07) is 1.62. The van der Waals surface area contributed by atoms with E-state index in [-0.39, 0.29) is 5.57 Å².